The van der Waals surface area contributed by atoms with E-state index in [1.54, 1.807) is 50.2 Å². The molecule has 1 aliphatic rings. The minimum absolute atomic E-state index is 0.0368. The van der Waals surface area contributed by atoms with Crippen LogP contribution in [-0.4, -0.2) is 56.2 Å². The van der Waals surface area contributed by atoms with E-state index in [4.69, 9.17) is 9.88 Å². The van der Waals surface area contributed by atoms with Crippen molar-refractivity contribution in [3.63, 3.8) is 0 Å². The van der Waals surface area contributed by atoms with Crippen LogP contribution in [0.4, 0.5) is 5.69 Å². The molecule has 208 valence electrons. The van der Waals surface area contributed by atoms with Crippen molar-refractivity contribution in [3.8, 4) is 0 Å². The molecule has 1 unspecified atom stereocenters. The van der Waals surface area contributed by atoms with Gasteiger partial charge in [0.1, 0.15) is 6.04 Å². The van der Waals surface area contributed by atoms with Crippen molar-refractivity contribution in [3.05, 3.63) is 95.1 Å². The highest BCUT2D eigenvalue weighted by Gasteiger charge is 2.44. The smallest absolute Gasteiger partial charge is 0.338 e. The topological polar surface area (TPSA) is 144 Å². The zero-order valence-corrected chi connectivity index (χ0v) is 22.9. The number of amides is 3. The summed E-state index contributed by atoms with van der Waals surface area (Å²) in [6, 6.07) is 17.8. The van der Waals surface area contributed by atoms with Crippen molar-refractivity contribution in [2.24, 2.45) is 5.14 Å². The number of esters is 1. The fourth-order valence-electron chi connectivity index (χ4n) is 4.55. The molecule has 3 aromatic carbocycles. The number of hydrogen-bond donors (Lipinski definition) is 1. The van der Waals surface area contributed by atoms with E-state index < -0.39 is 39.8 Å². The van der Waals surface area contributed by atoms with E-state index in [0.717, 1.165) is 16.0 Å². The van der Waals surface area contributed by atoms with Crippen LogP contribution in [0.2, 0.25) is 0 Å². The van der Waals surface area contributed by atoms with Gasteiger partial charge in [-0.2, -0.15) is 0 Å². The monoisotopic (exact) mass is 563 g/mol. The average molecular weight is 564 g/mol. The summed E-state index contributed by atoms with van der Waals surface area (Å²) in [5, 5.41) is 5.18. The fourth-order valence-corrected chi connectivity index (χ4v) is 5.07. The Balaban J connectivity index is 1.61. The molecule has 1 heterocycles. The van der Waals surface area contributed by atoms with Crippen molar-refractivity contribution in [1.29, 1.82) is 0 Å². The highest BCUT2D eigenvalue weighted by atomic mass is 32.2. The molecule has 0 saturated carbocycles. The molecule has 3 aromatic rings. The summed E-state index contributed by atoms with van der Waals surface area (Å²) in [5.74, 6) is -1.94. The molecular formula is C29H29N3O7S. The molecule has 1 fully saturated rings. The number of aryl methyl sites for hydroxylation is 1. The van der Waals surface area contributed by atoms with Crippen LogP contribution in [0, 0.1) is 6.92 Å². The lowest BCUT2D eigenvalue weighted by Crippen LogP contribution is -2.46. The van der Waals surface area contributed by atoms with Crippen LogP contribution in [0.15, 0.2) is 77.7 Å². The molecule has 10 nitrogen and oxygen atoms in total. The summed E-state index contributed by atoms with van der Waals surface area (Å²) in [4.78, 5) is 54.8. The molecule has 40 heavy (non-hydrogen) atoms. The number of primary sulfonamides is 1. The summed E-state index contributed by atoms with van der Waals surface area (Å²) in [6.07, 6.45) is 0.0924. The minimum atomic E-state index is -3.85. The first kappa shape index (κ1) is 28.7. The molecule has 1 aliphatic heterocycles. The number of sulfonamides is 1. The normalized spacial score (nSPS) is 15.3. The van der Waals surface area contributed by atoms with Crippen LogP contribution in [0.1, 0.15) is 45.2 Å². The average Bonchev–Trinajstić information content (AvgIpc) is 3.22. The lowest BCUT2D eigenvalue weighted by Gasteiger charge is -2.28. The first-order valence-electron chi connectivity index (χ1n) is 12.6. The summed E-state index contributed by atoms with van der Waals surface area (Å²) in [6.45, 7) is 3.79. The van der Waals surface area contributed by atoms with Crippen LogP contribution >= 0.6 is 0 Å². The molecule has 0 spiro atoms. The molecule has 4 rings (SSSR count). The van der Waals surface area contributed by atoms with Crippen molar-refractivity contribution >= 4 is 39.4 Å². The van der Waals surface area contributed by atoms with E-state index in [2.05, 4.69) is 0 Å². The lowest BCUT2D eigenvalue weighted by molar-refractivity contribution is -0.122. The molecule has 3 amide bonds. The molecular weight excluding hydrogens is 534 g/mol. The van der Waals surface area contributed by atoms with Crippen molar-refractivity contribution in [2.75, 3.05) is 18.1 Å². The molecule has 0 aromatic heterocycles. The Bertz CT molecular complexity index is 1550. The number of anilines is 1. The highest BCUT2D eigenvalue weighted by Crippen LogP contribution is 2.28. The number of hydrogen-bond acceptors (Lipinski definition) is 7. The van der Waals surface area contributed by atoms with Crippen LogP contribution in [-0.2, 0) is 30.8 Å². The quantitative estimate of drug-likeness (QED) is 0.311. The Morgan fingerprint density at radius 2 is 1.65 bits per heavy atom. The Labute approximate surface area is 232 Å². The molecule has 0 aliphatic carbocycles. The van der Waals surface area contributed by atoms with Gasteiger partial charge in [0.05, 0.1) is 29.2 Å². The predicted octanol–water partition coefficient (Wildman–Crippen LogP) is 2.84. The standard InChI is InChI=1S/C29H29N3O7S/c1-3-39-29(36)21-10-12-22(13-11-21)32-26(33)18-25(28(32)35)31(27(34)24-7-5-4-6-19(24)2)17-16-20-8-14-23(15-9-20)40(30,37)38/h4-15,25H,3,16-18H2,1-2H3,(H2,30,37,38). The summed E-state index contributed by atoms with van der Waals surface area (Å²) < 4.78 is 28.2. The van der Waals surface area contributed by atoms with Gasteiger partial charge in [-0.15, -0.1) is 0 Å². The maximum atomic E-state index is 13.7. The van der Waals surface area contributed by atoms with E-state index in [9.17, 15) is 27.6 Å². The predicted molar refractivity (Wildman–Crippen MR) is 147 cm³/mol. The minimum Gasteiger partial charge on any atom is -0.462 e. The third-order valence-electron chi connectivity index (χ3n) is 6.67. The Morgan fingerprint density at radius 1 is 1.00 bits per heavy atom. The van der Waals surface area contributed by atoms with Gasteiger partial charge in [0.2, 0.25) is 15.9 Å². The number of rotatable bonds is 9. The Morgan fingerprint density at radius 3 is 2.25 bits per heavy atom. The van der Waals surface area contributed by atoms with E-state index in [1.807, 2.05) is 0 Å². The van der Waals surface area contributed by atoms with Gasteiger partial charge >= 0.3 is 5.97 Å². The van der Waals surface area contributed by atoms with Crippen molar-refractivity contribution < 1.29 is 32.3 Å². The second-order valence-corrected chi connectivity index (χ2v) is 10.9. The van der Waals surface area contributed by atoms with Gasteiger partial charge in [0.15, 0.2) is 0 Å². The zero-order valence-electron chi connectivity index (χ0n) is 22.1. The number of benzene rings is 3. The van der Waals surface area contributed by atoms with Gasteiger partial charge in [-0.1, -0.05) is 30.3 Å². The van der Waals surface area contributed by atoms with Crippen LogP contribution < -0.4 is 10.0 Å². The third-order valence-corrected chi connectivity index (χ3v) is 7.59. The Hall–Kier alpha value is -4.35. The number of carbonyl (C=O) groups is 4. The van der Waals surface area contributed by atoms with Gasteiger partial charge in [0.25, 0.3) is 11.8 Å². The van der Waals surface area contributed by atoms with Gasteiger partial charge < -0.3 is 9.64 Å². The van der Waals surface area contributed by atoms with Gasteiger partial charge in [-0.05, 0) is 73.9 Å². The maximum Gasteiger partial charge on any atom is 0.338 e. The molecule has 2 N–H and O–H groups in total. The fraction of sp³-hybridized carbons (Fsp3) is 0.241. The summed E-state index contributed by atoms with van der Waals surface area (Å²) in [5.41, 5.74) is 2.42. The highest BCUT2D eigenvalue weighted by molar-refractivity contribution is 7.89. The summed E-state index contributed by atoms with van der Waals surface area (Å²) >= 11 is 0. The van der Waals surface area contributed by atoms with E-state index in [-0.39, 0.29) is 35.7 Å². The molecule has 0 radical (unpaired) electrons. The van der Waals surface area contributed by atoms with Crippen LogP contribution in [0.5, 0.6) is 0 Å². The summed E-state index contributed by atoms with van der Waals surface area (Å²) in [7, 11) is -3.85. The second kappa shape index (κ2) is 11.8. The largest absolute Gasteiger partial charge is 0.462 e. The number of imide groups is 1. The van der Waals surface area contributed by atoms with E-state index >= 15 is 0 Å². The molecule has 11 heteroatoms. The number of carbonyl (C=O) groups excluding carboxylic acids is 4. The van der Waals surface area contributed by atoms with Crippen LogP contribution in [0.25, 0.3) is 0 Å². The first-order chi connectivity index (χ1) is 19.0. The molecule has 1 saturated heterocycles. The zero-order chi connectivity index (χ0) is 29.0. The number of nitrogens with two attached hydrogens (primary N) is 1. The van der Waals surface area contributed by atoms with Gasteiger partial charge in [0, 0.05) is 12.1 Å². The number of nitrogens with zero attached hydrogens (tertiary/aromatic N) is 2. The van der Waals surface area contributed by atoms with E-state index in [0.29, 0.717) is 12.0 Å². The first-order valence-corrected chi connectivity index (χ1v) is 14.2. The van der Waals surface area contributed by atoms with Gasteiger partial charge in [-0.3, -0.25) is 14.4 Å². The van der Waals surface area contributed by atoms with Crippen molar-refractivity contribution in [1.82, 2.24) is 4.90 Å². The lowest BCUT2D eigenvalue weighted by atomic mass is 10.0. The Kier molecular flexibility index (Phi) is 8.46. The van der Waals surface area contributed by atoms with Crippen molar-refractivity contribution in [2.45, 2.75) is 37.6 Å². The van der Waals surface area contributed by atoms with E-state index in [1.165, 1.54) is 41.3 Å². The second-order valence-electron chi connectivity index (χ2n) is 9.31. The molecule has 1 atom stereocenters. The maximum absolute atomic E-state index is 13.7. The molecule has 0 bridgehead atoms. The number of ether oxygens (including phenoxy) is 1. The SMILES string of the molecule is CCOC(=O)c1ccc(N2C(=O)CC(N(CCc3ccc(S(N)(=O)=O)cc3)C(=O)c3ccccc3C)C2=O)cc1. The third kappa shape index (κ3) is 6.11. The van der Waals surface area contributed by atoms with Gasteiger partial charge in [-0.25, -0.2) is 23.3 Å². The van der Waals surface area contributed by atoms with Crippen LogP contribution in [0.3, 0.4) is 0 Å².